The summed E-state index contributed by atoms with van der Waals surface area (Å²) in [7, 11) is 0. The molecule has 96 valence electrons. The molecule has 2 rings (SSSR count). The monoisotopic (exact) mass is 250 g/mol. The molecule has 1 saturated heterocycles. The summed E-state index contributed by atoms with van der Waals surface area (Å²) >= 11 is 0. The number of hydrogen-bond donors (Lipinski definition) is 3. The summed E-state index contributed by atoms with van der Waals surface area (Å²) in [5.41, 5.74) is -0.00319. The lowest BCUT2D eigenvalue weighted by Gasteiger charge is -2.32. The van der Waals surface area contributed by atoms with E-state index in [1.54, 1.807) is 6.92 Å². The Balaban J connectivity index is 2.30. The highest BCUT2D eigenvalue weighted by atomic mass is 16.3. The first-order valence-corrected chi connectivity index (χ1v) is 5.61. The molecule has 0 spiro atoms. The lowest BCUT2D eigenvalue weighted by atomic mass is 10.1. The zero-order valence-electron chi connectivity index (χ0n) is 9.88. The van der Waals surface area contributed by atoms with E-state index in [1.165, 1.54) is 23.1 Å². The molecular formula is C12H14N2O4. The van der Waals surface area contributed by atoms with Crippen molar-refractivity contribution in [2.75, 3.05) is 13.1 Å². The van der Waals surface area contributed by atoms with Crippen LogP contribution in [-0.4, -0.2) is 46.1 Å². The molecule has 2 amide bonds. The fourth-order valence-electron chi connectivity index (χ4n) is 1.91. The molecule has 0 radical (unpaired) electrons. The van der Waals surface area contributed by atoms with Crippen molar-refractivity contribution < 1.29 is 19.8 Å². The summed E-state index contributed by atoms with van der Waals surface area (Å²) in [6, 6.07) is 3.14. The van der Waals surface area contributed by atoms with E-state index in [9.17, 15) is 19.8 Å². The van der Waals surface area contributed by atoms with Gasteiger partial charge in [-0.3, -0.25) is 9.59 Å². The van der Waals surface area contributed by atoms with Crippen molar-refractivity contribution >= 4 is 11.8 Å². The van der Waals surface area contributed by atoms with Crippen LogP contribution in [0.5, 0.6) is 11.5 Å². The van der Waals surface area contributed by atoms with Gasteiger partial charge in [0.1, 0.15) is 17.5 Å². The lowest BCUT2D eigenvalue weighted by Crippen LogP contribution is -2.55. The molecule has 1 aliphatic heterocycles. The first-order chi connectivity index (χ1) is 8.50. The molecular weight excluding hydrogens is 236 g/mol. The predicted molar refractivity (Wildman–Crippen MR) is 63.3 cm³/mol. The van der Waals surface area contributed by atoms with Gasteiger partial charge in [-0.05, 0) is 25.1 Å². The largest absolute Gasteiger partial charge is 0.508 e. The summed E-state index contributed by atoms with van der Waals surface area (Å²) < 4.78 is 0. The first kappa shape index (κ1) is 12.2. The number of benzene rings is 1. The van der Waals surface area contributed by atoms with Crippen molar-refractivity contribution in [3.8, 4) is 11.5 Å². The van der Waals surface area contributed by atoms with E-state index in [4.69, 9.17) is 0 Å². The van der Waals surface area contributed by atoms with Gasteiger partial charge in [0.05, 0.1) is 5.56 Å². The Morgan fingerprint density at radius 3 is 2.89 bits per heavy atom. The molecule has 18 heavy (non-hydrogen) atoms. The highest BCUT2D eigenvalue weighted by Gasteiger charge is 2.31. The molecule has 6 nitrogen and oxygen atoms in total. The summed E-state index contributed by atoms with van der Waals surface area (Å²) in [4.78, 5) is 25.0. The van der Waals surface area contributed by atoms with Crippen molar-refractivity contribution in [1.29, 1.82) is 0 Å². The maximum Gasteiger partial charge on any atom is 0.258 e. The Hall–Kier alpha value is -2.24. The summed E-state index contributed by atoms with van der Waals surface area (Å²) in [5.74, 6) is -1.01. The van der Waals surface area contributed by atoms with Crippen molar-refractivity contribution in [1.82, 2.24) is 10.2 Å². The molecule has 1 unspecified atom stereocenters. The molecule has 1 heterocycles. The summed E-state index contributed by atoms with van der Waals surface area (Å²) in [6.45, 7) is 2.38. The standard InChI is InChI=1S/C12H14N2O4/c1-7-11(17)13-4-5-14(7)12(18)9-6-8(15)2-3-10(9)16/h2-3,6-7,15-16H,4-5H2,1H3,(H,13,17). The summed E-state index contributed by atoms with van der Waals surface area (Å²) in [5, 5.41) is 21.6. The number of phenolic OH excluding ortho intramolecular Hbond substituents is 2. The average Bonchev–Trinajstić information content (AvgIpc) is 2.35. The number of piperazine rings is 1. The minimum absolute atomic E-state index is 0.00319. The van der Waals surface area contributed by atoms with Gasteiger partial charge in [0.25, 0.3) is 5.91 Å². The Morgan fingerprint density at radius 2 is 2.17 bits per heavy atom. The van der Waals surface area contributed by atoms with E-state index in [0.29, 0.717) is 13.1 Å². The minimum atomic E-state index is -0.590. The van der Waals surface area contributed by atoms with Gasteiger partial charge in [-0.15, -0.1) is 0 Å². The van der Waals surface area contributed by atoms with Gasteiger partial charge in [-0.2, -0.15) is 0 Å². The smallest absolute Gasteiger partial charge is 0.258 e. The third kappa shape index (κ3) is 2.09. The molecule has 0 aromatic heterocycles. The van der Waals surface area contributed by atoms with Crippen molar-refractivity contribution in [3.05, 3.63) is 23.8 Å². The number of aromatic hydroxyl groups is 2. The summed E-state index contributed by atoms with van der Waals surface area (Å²) in [6.07, 6.45) is 0. The number of rotatable bonds is 1. The molecule has 1 aliphatic rings. The molecule has 3 N–H and O–H groups in total. The molecule has 0 bridgehead atoms. The van der Waals surface area contributed by atoms with E-state index >= 15 is 0 Å². The third-order valence-electron chi connectivity index (χ3n) is 2.97. The van der Waals surface area contributed by atoms with Gasteiger partial charge in [0, 0.05) is 13.1 Å². The Kier molecular flexibility index (Phi) is 3.10. The SMILES string of the molecule is CC1C(=O)NCCN1C(=O)c1cc(O)ccc1O. The fourth-order valence-corrected chi connectivity index (χ4v) is 1.91. The number of carbonyl (C=O) groups is 2. The Morgan fingerprint density at radius 1 is 1.44 bits per heavy atom. The van der Waals surface area contributed by atoms with E-state index in [2.05, 4.69) is 5.32 Å². The van der Waals surface area contributed by atoms with Crippen molar-refractivity contribution in [3.63, 3.8) is 0 Å². The van der Waals surface area contributed by atoms with Crippen LogP contribution in [0.15, 0.2) is 18.2 Å². The second-order valence-electron chi connectivity index (χ2n) is 4.17. The van der Waals surface area contributed by atoms with Crippen LogP contribution in [0.25, 0.3) is 0 Å². The maximum atomic E-state index is 12.2. The Bertz CT molecular complexity index is 501. The van der Waals surface area contributed by atoms with Gasteiger partial charge in [0.2, 0.25) is 5.91 Å². The molecule has 1 atom stereocenters. The maximum absolute atomic E-state index is 12.2. The van der Waals surface area contributed by atoms with Gasteiger partial charge in [-0.1, -0.05) is 0 Å². The van der Waals surface area contributed by atoms with Crippen LogP contribution >= 0.6 is 0 Å². The third-order valence-corrected chi connectivity index (χ3v) is 2.97. The van der Waals surface area contributed by atoms with Crippen LogP contribution in [-0.2, 0) is 4.79 Å². The van der Waals surface area contributed by atoms with E-state index in [0.717, 1.165) is 0 Å². The number of carbonyl (C=O) groups excluding carboxylic acids is 2. The van der Waals surface area contributed by atoms with E-state index < -0.39 is 11.9 Å². The van der Waals surface area contributed by atoms with Crippen LogP contribution in [0.2, 0.25) is 0 Å². The molecule has 1 fully saturated rings. The molecule has 6 heteroatoms. The Labute approximate surface area is 104 Å². The number of nitrogens with zero attached hydrogens (tertiary/aromatic N) is 1. The van der Waals surface area contributed by atoms with Gasteiger partial charge in [0.15, 0.2) is 0 Å². The highest BCUT2D eigenvalue weighted by Crippen LogP contribution is 2.24. The number of amides is 2. The quantitative estimate of drug-likeness (QED) is 0.615. The van der Waals surface area contributed by atoms with Crippen LogP contribution in [0.4, 0.5) is 0 Å². The van der Waals surface area contributed by atoms with Crippen molar-refractivity contribution in [2.24, 2.45) is 0 Å². The van der Waals surface area contributed by atoms with Gasteiger partial charge < -0.3 is 20.4 Å². The van der Waals surface area contributed by atoms with Crippen LogP contribution in [0.1, 0.15) is 17.3 Å². The average molecular weight is 250 g/mol. The topological polar surface area (TPSA) is 89.9 Å². The van der Waals surface area contributed by atoms with Crippen LogP contribution in [0.3, 0.4) is 0 Å². The van der Waals surface area contributed by atoms with Crippen LogP contribution < -0.4 is 5.32 Å². The highest BCUT2D eigenvalue weighted by molar-refractivity contribution is 6.00. The molecule has 1 aromatic rings. The van der Waals surface area contributed by atoms with Gasteiger partial charge >= 0.3 is 0 Å². The molecule has 1 aromatic carbocycles. The van der Waals surface area contributed by atoms with Gasteiger partial charge in [-0.25, -0.2) is 0 Å². The van der Waals surface area contributed by atoms with E-state index in [1.807, 2.05) is 0 Å². The van der Waals surface area contributed by atoms with E-state index in [-0.39, 0.29) is 23.0 Å². The van der Waals surface area contributed by atoms with Crippen LogP contribution in [0, 0.1) is 0 Å². The predicted octanol–water partition coefficient (Wildman–Crippen LogP) is 0.0583. The normalized spacial score (nSPS) is 19.5. The number of hydrogen-bond acceptors (Lipinski definition) is 4. The first-order valence-electron chi connectivity index (χ1n) is 5.61. The number of nitrogens with one attached hydrogen (secondary N) is 1. The zero-order valence-corrected chi connectivity index (χ0v) is 9.88. The molecule has 0 aliphatic carbocycles. The van der Waals surface area contributed by atoms with Crippen molar-refractivity contribution in [2.45, 2.75) is 13.0 Å². The second kappa shape index (κ2) is 4.56. The lowest BCUT2D eigenvalue weighted by molar-refractivity contribution is -0.127. The molecule has 0 saturated carbocycles. The fraction of sp³-hybridized carbons (Fsp3) is 0.333. The minimum Gasteiger partial charge on any atom is -0.508 e. The second-order valence-corrected chi connectivity index (χ2v) is 4.17. The number of phenols is 2. The zero-order chi connectivity index (χ0) is 13.3.